The highest BCUT2D eigenvalue weighted by atomic mass is 79.9. The summed E-state index contributed by atoms with van der Waals surface area (Å²) in [5.41, 5.74) is 0.511. The molecule has 27 heavy (non-hydrogen) atoms. The fourth-order valence-electron chi connectivity index (χ4n) is 2.53. The van der Waals surface area contributed by atoms with Gasteiger partial charge in [-0.1, -0.05) is 17.7 Å². The first kappa shape index (κ1) is 19.3. The zero-order valence-electron chi connectivity index (χ0n) is 14.1. The molecule has 0 bridgehead atoms. The molecule has 140 valence electrons. The summed E-state index contributed by atoms with van der Waals surface area (Å²) in [4.78, 5) is 23.1. The molecule has 0 saturated carbocycles. The Kier molecular flexibility index (Phi) is 5.72. The summed E-state index contributed by atoms with van der Waals surface area (Å²) in [6.45, 7) is -0.00675. The van der Waals surface area contributed by atoms with Crippen molar-refractivity contribution in [2.75, 3.05) is 13.7 Å². The monoisotopic (exact) mass is 452 g/mol. The highest BCUT2D eigenvalue weighted by molar-refractivity contribution is 9.10. The van der Waals surface area contributed by atoms with Crippen LogP contribution in [0.2, 0.25) is 5.02 Å². The summed E-state index contributed by atoms with van der Waals surface area (Å²) in [5.74, 6) is 0.138. The molecule has 3 rings (SSSR count). The maximum absolute atomic E-state index is 12.5. The third-order valence-electron chi connectivity index (χ3n) is 3.80. The van der Waals surface area contributed by atoms with Gasteiger partial charge in [-0.2, -0.15) is 0 Å². The minimum absolute atomic E-state index is 0.00675. The van der Waals surface area contributed by atoms with Gasteiger partial charge in [-0.25, -0.2) is 0 Å². The molecule has 0 aliphatic rings. The average molecular weight is 454 g/mol. The van der Waals surface area contributed by atoms with Gasteiger partial charge in [-0.15, -0.1) is 0 Å². The largest absolute Gasteiger partial charge is 0.496 e. The normalized spacial score (nSPS) is 10.8. The number of halogens is 2. The Morgan fingerprint density at radius 1 is 1.26 bits per heavy atom. The highest BCUT2D eigenvalue weighted by Crippen LogP contribution is 2.39. The first-order valence-electron chi connectivity index (χ1n) is 7.85. The van der Waals surface area contributed by atoms with Crippen molar-refractivity contribution in [2.45, 2.75) is 6.42 Å². The molecule has 3 aromatic rings. The number of methoxy groups -OCH3 is 1. The van der Waals surface area contributed by atoms with E-state index in [0.717, 1.165) is 0 Å². The van der Waals surface area contributed by atoms with E-state index in [9.17, 15) is 9.59 Å². The number of rotatable bonds is 6. The second kappa shape index (κ2) is 8.02. The molecular weight excluding hydrogens is 440 g/mol. The fourth-order valence-corrected chi connectivity index (χ4v) is 3.18. The van der Waals surface area contributed by atoms with E-state index in [2.05, 4.69) is 15.9 Å². The second-order valence-electron chi connectivity index (χ2n) is 5.57. The smallest absolute Gasteiger partial charge is 0.306 e. The number of hydrogen-bond donors (Lipinski definition) is 1. The van der Waals surface area contributed by atoms with Crippen molar-refractivity contribution in [1.29, 1.82) is 0 Å². The van der Waals surface area contributed by atoms with Gasteiger partial charge in [0.15, 0.2) is 11.0 Å². The average Bonchev–Trinajstić information content (AvgIpc) is 2.63. The highest BCUT2D eigenvalue weighted by Gasteiger charge is 2.17. The van der Waals surface area contributed by atoms with Crippen molar-refractivity contribution < 1.29 is 23.8 Å². The van der Waals surface area contributed by atoms with Crippen LogP contribution in [0, 0.1) is 0 Å². The van der Waals surface area contributed by atoms with Crippen LogP contribution in [-0.4, -0.2) is 24.8 Å². The van der Waals surface area contributed by atoms with Crippen LogP contribution in [0.15, 0.2) is 50.1 Å². The van der Waals surface area contributed by atoms with Gasteiger partial charge in [-0.3, -0.25) is 9.59 Å². The molecular formula is C19H14BrClO6. The molecule has 0 unspecified atom stereocenters. The Hall–Kier alpha value is -2.51. The van der Waals surface area contributed by atoms with Gasteiger partial charge in [0, 0.05) is 6.07 Å². The molecule has 8 heteroatoms. The maximum atomic E-state index is 12.5. The van der Waals surface area contributed by atoms with Crippen molar-refractivity contribution >= 4 is 44.5 Å². The van der Waals surface area contributed by atoms with Gasteiger partial charge in [0.2, 0.25) is 0 Å². The minimum Gasteiger partial charge on any atom is -0.496 e. The summed E-state index contributed by atoms with van der Waals surface area (Å²) in [5, 5.41) is 9.45. The van der Waals surface area contributed by atoms with Crippen LogP contribution in [0.1, 0.15) is 6.42 Å². The van der Waals surface area contributed by atoms with Crippen LogP contribution in [0.5, 0.6) is 11.5 Å². The zero-order valence-corrected chi connectivity index (χ0v) is 16.5. The van der Waals surface area contributed by atoms with Crippen molar-refractivity contribution in [3.63, 3.8) is 0 Å². The Labute approximate surface area is 167 Å². The SMILES string of the molecule is COc1cc(Br)c(OCCC(=O)O)cc1-c1cc(=O)c2cccc(Cl)c2o1. The Morgan fingerprint density at radius 2 is 2.04 bits per heavy atom. The van der Waals surface area contributed by atoms with Crippen LogP contribution in [0.3, 0.4) is 0 Å². The zero-order chi connectivity index (χ0) is 19.6. The quantitative estimate of drug-likeness (QED) is 0.580. The van der Waals surface area contributed by atoms with Crippen LogP contribution in [0.25, 0.3) is 22.3 Å². The van der Waals surface area contributed by atoms with Crippen molar-refractivity contribution in [1.82, 2.24) is 0 Å². The molecule has 6 nitrogen and oxygen atoms in total. The molecule has 0 aliphatic heterocycles. The topological polar surface area (TPSA) is 86.0 Å². The molecule has 1 aromatic heterocycles. The molecule has 0 spiro atoms. The molecule has 0 aliphatic carbocycles. The van der Waals surface area contributed by atoms with E-state index in [0.29, 0.717) is 31.9 Å². The summed E-state index contributed by atoms with van der Waals surface area (Å²) >= 11 is 9.53. The maximum Gasteiger partial charge on any atom is 0.306 e. The summed E-state index contributed by atoms with van der Waals surface area (Å²) in [6.07, 6.45) is -0.144. The number of hydrogen-bond acceptors (Lipinski definition) is 5. The predicted molar refractivity (Wildman–Crippen MR) is 105 cm³/mol. The first-order valence-corrected chi connectivity index (χ1v) is 9.02. The lowest BCUT2D eigenvalue weighted by Gasteiger charge is -2.13. The molecule has 2 aromatic carbocycles. The number of aliphatic carboxylic acids is 1. The molecule has 0 saturated heterocycles. The lowest BCUT2D eigenvalue weighted by atomic mass is 10.1. The molecule has 0 radical (unpaired) electrons. The molecule has 0 atom stereocenters. The van der Waals surface area contributed by atoms with E-state index in [1.165, 1.54) is 13.2 Å². The van der Waals surface area contributed by atoms with Gasteiger partial charge < -0.3 is 19.0 Å². The van der Waals surface area contributed by atoms with E-state index in [-0.39, 0.29) is 29.8 Å². The number of carboxylic acids is 1. The van der Waals surface area contributed by atoms with Gasteiger partial charge in [0.1, 0.15) is 17.3 Å². The van der Waals surface area contributed by atoms with Gasteiger partial charge in [0.25, 0.3) is 0 Å². The summed E-state index contributed by atoms with van der Waals surface area (Å²) in [6, 6.07) is 9.57. The molecule has 1 N–H and O–H groups in total. The van der Waals surface area contributed by atoms with Gasteiger partial charge in [-0.05, 0) is 40.2 Å². The molecule has 0 fully saturated rings. The van der Waals surface area contributed by atoms with E-state index in [4.69, 9.17) is 30.6 Å². The van der Waals surface area contributed by atoms with Crippen molar-refractivity contribution in [3.8, 4) is 22.8 Å². The number of para-hydroxylation sites is 1. The van der Waals surface area contributed by atoms with E-state index in [1.54, 1.807) is 30.3 Å². The lowest BCUT2D eigenvalue weighted by molar-refractivity contribution is -0.137. The number of ether oxygens (including phenoxy) is 2. The first-order chi connectivity index (χ1) is 12.9. The summed E-state index contributed by atoms with van der Waals surface area (Å²) in [7, 11) is 1.49. The number of carbonyl (C=O) groups is 1. The van der Waals surface area contributed by atoms with E-state index in [1.807, 2.05) is 0 Å². The standard InChI is InChI=1S/C19H14BrClO6/c1-25-15-8-12(20)17(26-6-5-18(23)24)7-11(15)16-9-14(22)10-3-2-4-13(21)19(10)27-16/h2-4,7-9H,5-6H2,1H3,(H,23,24). The number of carboxylic acid groups (broad SMARTS) is 1. The number of benzene rings is 2. The minimum atomic E-state index is -0.963. The van der Waals surface area contributed by atoms with Crippen LogP contribution < -0.4 is 14.9 Å². The van der Waals surface area contributed by atoms with Crippen LogP contribution in [0.4, 0.5) is 0 Å². The fraction of sp³-hybridized carbons (Fsp3) is 0.158. The predicted octanol–water partition coefficient (Wildman–Crippen LogP) is 4.74. The molecule has 1 heterocycles. The van der Waals surface area contributed by atoms with E-state index < -0.39 is 5.97 Å². The Bertz CT molecular complexity index is 1080. The third kappa shape index (κ3) is 4.09. The third-order valence-corrected chi connectivity index (χ3v) is 4.72. The lowest BCUT2D eigenvalue weighted by Crippen LogP contribution is -2.05. The summed E-state index contributed by atoms with van der Waals surface area (Å²) < 4.78 is 17.3. The van der Waals surface area contributed by atoms with Crippen molar-refractivity contribution in [3.05, 3.63) is 56.1 Å². The van der Waals surface area contributed by atoms with Gasteiger partial charge in [0.05, 0.1) is 40.6 Å². The second-order valence-corrected chi connectivity index (χ2v) is 6.83. The van der Waals surface area contributed by atoms with Crippen LogP contribution in [-0.2, 0) is 4.79 Å². The Morgan fingerprint density at radius 3 is 2.74 bits per heavy atom. The van der Waals surface area contributed by atoms with E-state index >= 15 is 0 Å². The Balaban J connectivity index is 2.12. The van der Waals surface area contributed by atoms with Crippen LogP contribution >= 0.6 is 27.5 Å². The van der Waals surface area contributed by atoms with Crippen molar-refractivity contribution in [2.24, 2.45) is 0 Å². The number of fused-ring (bicyclic) bond motifs is 1. The molecule has 0 amide bonds. The van der Waals surface area contributed by atoms with Gasteiger partial charge >= 0.3 is 5.97 Å².